The van der Waals surface area contributed by atoms with E-state index >= 15 is 0 Å². The number of para-hydroxylation sites is 2. The SMILES string of the molecule is COC(=O)c1ccccc1NC(=O)[C@@H]1[C@H](C(=O)Nc2ccccc2C(=O)OC)[C@@H](c2ccc(OC)c(OC)c2)[C@H]1c1ccc(OC)c(OC)c1. The molecule has 2 amide bonds. The summed E-state index contributed by atoms with van der Waals surface area (Å²) in [5, 5.41) is 5.77. The van der Waals surface area contributed by atoms with Crippen molar-refractivity contribution in [2.45, 2.75) is 11.8 Å². The summed E-state index contributed by atoms with van der Waals surface area (Å²) in [6.45, 7) is 0. The quantitative estimate of drug-likeness (QED) is 0.179. The van der Waals surface area contributed by atoms with Gasteiger partial charge in [-0.3, -0.25) is 9.59 Å². The van der Waals surface area contributed by atoms with Crippen molar-refractivity contribution in [1.29, 1.82) is 0 Å². The number of anilines is 2. The van der Waals surface area contributed by atoms with Crippen LogP contribution in [0.4, 0.5) is 11.4 Å². The third kappa shape index (κ3) is 6.77. The second kappa shape index (κ2) is 15.5. The van der Waals surface area contributed by atoms with E-state index in [1.54, 1.807) is 60.7 Å². The van der Waals surface area contributed by atoms with Crippen molar-refractivity contribution in [3.8, 4) is 23.0 Å². The van der Waals surface area contributed by atoms with Crippen LogP contribution in [0.1, 0.15) is 43.7 Å². The molecule has 0 radical (unpaired) electrons. The van der Waals surface area contributed by atoms with Crippen molar-refractivity contribution in [2.24, 2.45) is 11.8 Å². The van der Waals surface area contributed by atoms with Crippen LogP contribution in [0.3, 0.4) is 0 Å². The molecule has 12 nitrogen and oxygen atoms in total. The first-order chi connectivity index (χ1) is 24.2. The van der Waals surface area contributed by atoms with Crippen LogP contribution in [0.15, 0.2) is 84.9 Å². The van der Waals surface area contributed by atoms with Crippen LogP contribution in [-0.4, -0.2) is 66.4 Å². The molecule has 1 aliphatic carbocycles. The maximum atomic E-state index is 14.5. The Morgan fingerprint density at radius 2 is 0.840 bits per heavy atom. The lowest BCUT2D eigenvalue weighted by Crippen LogP contribution is -2.54. The van der Waals surface area contributed by atoms with Gasteiger partial charge in [0.2, 0.25) is 11.8 Å². The molecule has 260 valence electrons. The van der Waals surface area contributed by atoms with Crippen LogP contribution >= 0.6 is 0 Å². The Labute approximate surface area is 289 Å². The van der Waals surface area contributed by atoms with Gasteiger partial charge in [-0.05, 0) is 59.7 Å². The Morgan fingerprint density at radius 3 is 1.18 bits per heavy atom. The fourth-order valence-electron chi connectivity index (χ4n) is 6.54. The highest BCUT2D eigenvalue weighted by Crippen LogP contribution is 2.59. The number of hydrogen-bond donors (Lipinski definition) is 2. The Morgan fingerprint density at radius 1 is 0.480 bits per heavy atom. The van der Waals surface area contributed by atoms with E-state index in [9.17, 15) is 19.2 Å². The molecule has 1 fully saturated rings. The van der Waals surface area contributed by atoms with Crippen molar-refractivity contribution in [3.05, 3.63) is 107 Å². The molecule has 4 aromatic rings. The van der Waals surface area contributed by atoms with Crippen LogP contribution in [0, 0.1) is 11.8 Å². The number of ether oxygens (including phenoxy) is 6. The van der Waals surface area contributed by atoms with Gasteiger partial charge in [-0.15, -0.1) is 0 Å². The lowest BCUT2D eigenvalue weighted by atomic mass is 9.51. The minimum atomic E-state index is -0.984. The predicted octanol–water partition coefficient (Wildman–Crippen LogP) is 5.69. The van der Waals surface area contributed by atoms with Crippen molar-refractivity contribution < 1.29 is 47.6 Å². The topological polar surface area (TPSA) is 148 Å². The van der Waals surface area contributed by atoms with Gasteiger partial charge in [0.15, 0.2) is 23.0 Å². The van der Waals surface area contributed by atoms with E-state index in [4.69, 9.17) is 28.4 Å². The molecule has 0 spiro atoms. The molecule has 4 atom stereocenters. The van der Waals surface area contributed by atoms with Crippen molar-refractivity contribution in [1.82, 2.24) is 0 Å². The number of rotatable bonds is 12. The molecule has 5 rings (SSSR count). The number of carbonyl (C=O) groups excluding carboxylic acids is 4. The van der Waals surface area contributed by atoms with E-state index in [2.05, 4.69) is 10.6 Å². The average Bonchev–Trinajstić information content (AvgIpc) is 3.13. The number of esters is 2. The highest BCUT2D eigenvalue weighted by molar-refractivity contribution is 6.07. The monoisotopic (exact) mass is 682 g/mol. The lowest BCUT2D eigenvalue weighted by Gasteiger charge is -2.51. The number of carbonyl (C=O) groups is 4. The summed E-state index contributed by atoms with van der Waals surface area (Å²) < 4.78 is 32.0. The van der Waals surface area contributed by atoms with Crippen LogP contribution in [-0.2, 0) is 19.1 Å². The van der Waals surface area contributed by atoms with E-state index in [1.165, 1.54) is 54.8 Å². The van der Waals surface area contributed by atoms with Gasteiger partial charge < -0.3 is 39.1 Å². The zero-order valence-electron chi connectivity index (χ0n) is 28.5. The van der Waals surface area contributed by atoms with Crippen molar-refractivity contribution in [2.75, 3.05) is 53.3 Å². The van der Waals surface area contributed by atoms with Crippen LogP contribution in [0.2, 0.25) is 0 Å². The molecule has 0 aromatic heterocycles. The van der Waals surface area contributed by atoms with Gasteiger partial charge >= 0.3 is 11.9 Å². The molecule has 50 heavy (non-hydrogen) atoms. The van der Waals surface area contributed by atoms with Crippen LogP contribution in [0.5, 0.6) is 23.0 Å². The summed E-state index contributed by atoms with van der Waals surface area (Å²) in [6.07, 6.45) is 0. The summed E-state index contributed by atoms with van der Waals surface area (Å²) in [5.41, 5.74) is 2.13. The zero-order chi connectivity index (χ0) is 35.9. The fourth-order valence-corrected chi connectivity index (χ4v) is 6.54. The minimum Gasteiger partial charge on any atom is -0.493 e. The van der Waals surface area contributed by atoms with E-state index in [0.717, 1.165) is 0 Å². The predicted molar refractivity (Wildman–Crippen MR) is 184 cm³/mol. The summed E-state index contributed by atoms with van der Waals surface area (Å²) >= 11 is 0. The highest BCUT2D eigenvalue weighted by atomic mass is 16.5. The normalized spacial score (nSPS) is 17.7. The molecular formula is C38H38N2O10. The Kier molecular flexibility index (Phi) is 10.9. The minimum absolute atomic E-state index is 0.148. The van der Waals surface area contributed by atoms with Gasteiger partial charge in [0, 0.05) is 11.8 Å². The maximum absolute atomic E-state index is 14.5. The Bertz CT molecular complexity index is 1770. The zero-order valence-corrected chi connectivity index (χ0v) is 28.5. The van der Waals surface area contributed by atoms with E-state index < -0.39 is 47.4 Å². The molecule has 1 aliphatic rings. The number of methoxy groups -OCH3 is 6. The van der Waals surface area contributed by atoms with Gasteiger partial charge in [0.05, 0.1) is 77.0 Å². The number of amides is 2. The van der Waals surface area contributed by atoms with E-state index in [-0.39, 0.29) is 22.5 Å². The number of benzene rings is 4. The largest absolute Gasteiger partial charge is 0.493 e. The molecule has 12 heteroatoms. The number of nitrogens with one attached hydrogen (secondary N) is 2. The van der Waals surface area contributed by atoms with E-state index in [0.29, 0.717) is 34.1 Å². The summed E-state index contributed by atoms with van der Waals surface area (Å²) in [7, 11) is 8.57. The molecule has 0 bridgehead atoms. The molecule has 0 heterocycles. The van der Waals surface area contributed by atoms with Crippen molar-refractivity contribution >= 4 is 35.1 Å². The fraction of sp³-hybridized carbons (Fsp3) is 0.263. The molecular weight excluding hydrogens is 644 g/mol. The van der Waals surface area contributed by atoms with Crippen molar-refractivity contribution in [3.63, 3.8) is 0 Å². The number of hydrogen-bond acceptors (Lipinski definition) is 10. The second-order valence-corrected chi connectivity index (χ2v) is 11.4. The van der Waals surface area contributed by atoms with E-state index in [1.807, 2.05) is 12.1 Å². The molecule has 0 unspecified atom stereocenters. The van der Waals surface area contributed by atoms with Gasteiger partial charge in [0.1, 0.15) is 0 Å². The van der Waals surface area contributed by atoms with Gasteiger partial charge in [-0.2, -0.15) is 0 Å². The Balaban J connectivity index is 1.67. The molecule has 0 saturated heterocycles. The second-order valence-electron chi connectivity index (χ2n) is 11.4. The standard InChI is InChI=1S/C38H38N2O10/c1-45-27-17-15-21(19-29(27)47-3)31-32(22-16-18-28(46-2)30(20-22)48-4)34(36(42)40-26-14-10-8-12-24(26)38(44)50-6)33(31)35(41)39-25-13-9-7-11-23(25)37(43)49-5/h7-20,31-34H,1-6H3,(H,39,41)(H,40,42)/t31-,32+,33+,34-. The summed E-state index contributed by atoms with van der Waals surface area (Å²) in [6, 6.07) is 23.6. The first-order valence-corrected chi connectivity index (χ1v) is 15.6. The first-order valence-electron chi connectivity index (χ1n) is 15.6. The lowest BCUT2D eigenvalue weighted by molar-refractivity contribution is -0.138. The van der Waals surface area contributed by atoms with Gasteiger partial charge in [-0.25, -0.2) is 9.59 Å². The molecule has 2 N–H and O–H groups in total. The van der Waals surface area contributed by atoms with Crippen LogP contribution < -0.4 is 29.6 Å². The Hall–Kier alpha value is -6.04. The highest BCUT2D eigenvalue weighted by Gasteiger charge is 2.58. The van der Waals surface area contributed by atoms with Gasteiger partial charge in [0.25, 0.3) is 0 Å². The summed E-state index contributed by atoms with van der Waals surface area (Å²) in [4.78, 5) is 54.2. The molecule has 4 aromatic carbocycles. The van der Waals surface area contributed by atoms with Crippen LogP contribution in [0.25, 0.3) is 0 Å². The summed E-state index contributed by atoms with van der Waals surface area (Å²) in [5.74, 6) is -3.61. The molecule has 1 saturated carbocycles. The third-order valence-corrected chi connectivity index (χ3v) is 8.92. The molecule has 0 aliphatic heterocycles. The average molecular weight is 683 g/mol. The van der Waals surface area contributed by atoms with Gasteiger partial charge in [-0.1, -0.05) is 36.4 Å². The smallest absolute Gasteiger partial charge is 0.339 e. The third-order valence-electron chi connectivity index (χ3n) is 8.92. The maximum Gasteiger partial charge on any atom is 0.339 e. The first kappa shape index (κ1) is 35.3.